The van der Waals surface area contributed by atoms with Crippen LogP contribution >= 0.6 is 0 Å². The van der Waals surface area contributed by atoms with Gasteiger partial charge in [-0.15, -0.1) is 0 Å². The molecule has 1 amide bonds. The molecule has 10 heteroatoms. The van der Waals surface area contributed by atoms with Crippen LogP contribution in [0.1, 0.15) is 26.0 Å². The number of anilines is 2. The van der Waals surface area contributed by atoms with Gasteiger partial charge >= 0.3 is 0 Å². The Morgan fingerprint density at radius 3 is 2.85 bits per heavy atom. The number of amides is 1. The number of pyridine rings is 1. The molecule has 0 radical (unpaired) electrons. The number of hydrogen-bond donors (Lipinski definition) is 2. The van der Waals surface area contributed by atoms with E-state index in [9.17, 15) is 9.18 Å². The van der Waals surface area contributed by atoms with Crippen molar-refractivity contribution in [3.05, 3.63) is 48.3 Å². The molecule has 2 fully saturated rings. The van der Waals surface area contributed by atoms with Gasteiger partial charge in [-0.3, -0.25) is 4.79 Å². The Hall–Kier alpha value is -3.27. The molecule has 174 valence electrons. The van der Waals surface area contributed by atoms with Crippen LogP contribution < -0.4 is 20.4 Å². The van der Waals surface area contributed by atoms with E-state index in [4.69, 9.17) is 0 Å². The van der Waals surface area contributed by atoms with Crippen molar-refractivity contribution in [3.63, 3.8) is 0 Å². The molecule has 9 nitrogen and oxygen atoms in total. The molecule has 0 aliphatic carbocycles. The van der Waals surface area contributed by atoms with Gasteiger partial charge in [-0.1, -0.05) is 6.07 Å². The van der Waals surface area contributed by atoms with Gasteiger partial charge in [0.25, 0.3) is 0 Å². The van der Waals surface area contributed by atoms with E-state index in [2.05, 4.69) is 25.6 Å². The van der Waals surface area contributed by atoms with Crippen LogP contribution in [0.5, 0.6) is 0 Å². The van der Waals surface area contributed by atoms with Crippen molar-refractivity contribution in [2.75, 3.05) is 43.0 Å². The van der Waals surface area contributed by atoms with E-state index < -0.39 is 11.4 Å². The molecule has 0 spiro atoms. The van der Waals surface area contributed by atoms with E-state index in [1.165, 1.54) is 6.20 Å². The SMILES string of the molecule is CN(c1ncc(F)c(N2CC(C(=O)NC(C)(C)c3cnc4ccccn34)C2)n1)C1CCNC1. The van der Waals surface area contributed by atoms with Crippen molar-refractivity contribution in [2.24, 2.45) is 5.92 Å². The van der Waals surface area contributed by atoms with Crippen molar-refractivity contribution in [1.29, 1.82) is 0 Å². The van der Waals surface area contributed by atoms with Gasteiger partial charge in [0.05, 0.1) is 29.5 Å². The van der Waals surface area contributed by atoms with E-state index in [1.54, 1.807) is 11.1 Å². The first-order valence-electron chi connectivity index (χ1n) is 11.3. The third-order valence-corrected chi connectivity index (χ3v) is 6.66. The van der Waals surface area contributed by atoms with Crippen LogP contribution in [0.2, 0.25) is 0 Å². The molecule has 3 aromatic rings. The zero-order chi connectivity index (χ0) is 23.2. The summed E-state index contributed by atoms with van der Waals surface area (Å²) in [5, 5.41) is 6.46. The summed E-state index contributed by atoms with van der Waals surface area (Å²) in [5.41, 5.74) is 1.13. The number of carbonyl (C=O) groups excluding carboxylic acids is 1. The molecule has 1 atom stereocenters. The van der Waals surface area contributed by atoms with Gasteiger partial charge in [0, 0.05) is 38.9 Å². The number of halogens is 1. The lowest BCUT2D eigenvalue weighted by molar-refractivity contribution is -0.127. The monoisotopic (exact) mass is 452 g/mol. The van der Waals surface area contributed by atoms with Crippen molar-refractivity contribution >= 4 is 23.3 Å². The lowest BCUT2D eigenvalue weighted by atomic mass is 9.95. The number of nitrogens with one attached hydrogen (secondary N) is 2. The van der Waals surface area contributed by atoms with Crippen LogP contribution in [0.4, 0.5) is 16.2 Å². The number of aromatic nitrogens is 4. The molecule has 33 heavy (non-hydrogen) atoms. The molecule has 0 aromatic carbocycles. The second-order valence-electron chi connectivity index (χ2n) is 9.39. The van der Waals surface area contributed by atoms with Crippen LogP contribution in [0.3, 0.4) is 0 Å². The molecule has 2 N–H and O–H groups in total. The Balaban J connectivity index is 1.24. The molecule has 2 saturated heterocycles. The minimum atomic E-state index is -0.608. The van der Waals surface area contributed by atoms with Crippen molar-refractivity contribution in [3.8, 4) is 0 Å². The summed E-state index contributed by atoms with van der Waals surface area (Å²) in [6, 6.07) is 6.09. The molecule has 0 saturated carbocycles. The van der Waals surface area contributed by atoms with Gasteiger partial charge in [-0.2, -0.15) is 4.98 Å². The Labute approximate surface area is 192 Å². The number of fused-ring (bicyclic) bond motifs is 1. The maximum Gasteiger partial charge on any atom is 0.227 e. The van der Waals surface area contributed by atoms with Gasteiger partial charge < -0.3 is 24.8 Å². The van der Waals surface area contributed by atoms with E-state index in [1.807, 2.05) is 54.6 Å². The second kappa shape index (κ2) is 8.26. The van der Waals surface area contributed by atoms with Gasteiger partial charge in [-0.25, -0.2) is 14.4 Å². The first-order chi connectivity index (χ1) is 15.8. The topological polar surface area (TPSA) is 90.7 Å². The lowest BCUT2D eigenvalue weighted by Gasteiger charge is -2.41. The smallest absolute Gasteiger partial charge is 0.227 e. The highest BCUT2D eigenvalue weighted by Crippen LogP contribution is 2.29. The fraction of sp³-hybridized carbons (Fsp3) is 0.478. The van der Waals surface area contributed by atoms with Gasteiger partial charge in [-0.05, 0) is 38.9 Å². The van der Waals surface area contributed by atoms with E-state index in [0.29, 0.717) is 25.1 Å². The summed E-state index contributed by atoms with van der Waals surface area (Å²) in [6.07, 6.45) is 5.94. The van der Waals surface area contributed by atoms with Crippen LogP contribution in [-0.2, 0) is 10.3 Å². The highest BCUT2D eigenvalue weighted by atomic mass is 19.1. The van der Waals surface area contributed by atoms with Crippen LogP contribution in [-0.4, -0.2) is 64.5 Å². The molecule has 3 aromatic heterocycles. The highest BCUT2D eigenvalue weighted by molar-refractivity contribution is 5.82. The Morgan fingerprint density at radius 1 is 1.27 bits per heavy atom. The zero-order valence-corrected chi connectivity index (χ0v) is 19.1. The number of rotatable bonds is 6. The normalized spacial score (nSPS) is 19.0. The van der Waals surface area contributed by atoms with Crippen molar-refractivity contribution in [1.82, 2.24) is 30.0 Å². The molecule has 0 bridgehead atoms. The molecular formula is C23H29FN8O. The fourth-order valence-electron chi connectivity index (χ4n) is 4.56. The van der Waals surface area contributed by atoms with Gasteiger partial charge in [0.1, 0.15) is 5.65 Å². The fourth-order valence-corrected chi connectivity index (χ4v) is 4.56. The zero-order valence-electron chi connectivity index (χ0n) is 19.1. The summed E-state index contributed by atoms with van der Waals surface area (Å²) in [7, 11) is 1.93. The van der Waals surface area contributed by atoms with Crippen LogP contribution in [0.15, 0.2) is 36.8 Å². The van der Waals surface area contributed by atoms with Gasteiger partial charge in [0.15, 0.2) is 11.6 Å². The summed E-state index contributed by atoms with van der Waals surface area (Å²) in [6.45, 7) is 6.57. The van der Waals surface area contributed by atoms with Crippen molar-refractivity contribution < 1.29 is 9.18 Å². The molecule has 2 aliphatic rings. The Kier molecular flexibility index (Phi) is 5.40. The largest absolute Gasteiger partial charge is 0.352 e. The number of imidazole rings is 1. The average molecular weight is 453 g/mol. The lowest BCUT2D eigenvalue weighted by Crippen LogP contribution is -2.57. The Bertz CT molecular complexity index is 1170. The maximum absolute atomic E-state index is 14.5. The van der Waals surface area contributed by atoms with E-state index in [0.717, 1.165) is 30.9 Å². The maximum atomic E-state index is 14.5. The first-order valence-corrected chi connectivity index (χ1v) is 11.3. The molecular weight excluding hydrogens is 423 g/mol. The summed E-state index contributed by atoms with van der Waals surface area (Å²) >= 11 is 0. The number of nitrogens with zero attached hydrogens (tertiary/aromatic N) is 6. The van der Waals surface area contributed by atoms with E-state index in [-0.39, 0.29) is 17.6 Å². The third kappa shape index (κ3) is 3.99. The molecule has 5 heterocycles. The highest BCUT2D eigenvalue weighted by Gasteiger charge is 2.38. The summed E-state index contributed by atoms with van der Waals surface area (Å²) in [4.78, 5) is 29.8. The first kappa shape index (κ1) is 21.6. The summed E-state index contributed by atoms with van der Waals surface area (Å²) < 4.78 is 16.5. The average Bonchev–Trinajstić information content (AvgIpc) is 3.43. The summed E-state index contributed by atoms with van der Waals surface area (Å²) in [5.74, 6) is -0.0183. The molecule has 1 unspecified atom stereocenters. The van der Waals surface area contributed by atoms with E-state index >= 15 is 0 Å². The van der Waals surface area contributed by atoms with Crippen LogP contribution in [0.25, 0.3) is 5.65 Å². The molecule has 5 rings (SSSR count). The minimum absolute atomic E-state index is 0.0639. The molecule has 2 aliphatic heterocycles. The number of likely N-dealkylation sites (N-methyl/N-ethyl adjacent to an activating group) is 1. The Morgan fingerprint density at radius 2 is 2.09 bits per heavy atom. The second-order valence-corrected chi connectivity index (χ2v) is 9.39. The van der Waals surface area contributed by atoms with Gasteiger partial charge in [0.2, 0.25) is 11.9 Å². The predicted molar refractivity (Wildman–Crippen MR) is 124 cm³/mol. The standard InChI is InChI=1S/C23H29FN8O/c1-23(2,18-12-26-19-6-4-5-9-32(18)19)29-21(33)15-13-31(14-15)20-17(24)11-27-22(28-20)30(3)16-7-8-25-10-16/h4-6,9,11-12,15-16,25H,7-8,10,13-14H2,1-3H3,(H,29,33). The predicted octanol–water partition coefficient (Wildman–Crippen LogP) is 1.55. The van der Waals surface area contributed by atoms with Crippen LogP contribution in [0, 0.1) is 11.7 Å². The quantitative estimate of drug-likeness (QED) is 0.586. The number of hydrogen-bond acceptors (Lipinski definition) is 7. The number of carbonyl (C=O) groups is 1. The van der Waals surface area contributed by atoms with Crippen molar-refractivity contribution in [2.45, 2.75) is 31.8 Å². The third-order valence-electron chi connectivity index (χ3n) is 6.66. The minimum Gasteiger partial charge on any atom is -0.352 e.